The fourth-order valence-corrected chi connectivity index (χ4v) is 2.25. The highest BCUT2D eigenvalue weighted by Gasteiger charge is 2.14. The van der Waals surface area contributed by atoms with Crippen LogP contribution < -0.4 is 10.2 Å². The predicted molar refractivity (Wildman–Crippen MR) is 89.7 cm³/mol. The minimum atomic E-state index is -0.299. The van der Waals surface area contributed by atoms with Gasteiger partial charge in [-0.3, -0.25) is 4.79 Å². The smallest absolute Gasteiger partial charge is 0.274 e. The van der Waals surface area contributed by atoms with E-state index in [1.54, 1.807) is 18.2 Å². The van der Waals surface area contributed by atoms with Crippen molar-refractivity contribution < 1.29 is 4.79 Å². The highest BCUT2D eigenvalue weighted by atomic mass is 35.5. The summed E-state index contributed by atoms with van der Waals surface area (Å²) in [7, 11) is 0. The molecule has 0 saturated heterocycles. The number of amides is 1. The molecule has 1 aromatic heterocycles. The van der Waals surface area contributed by atoms with Crippen LogP contribution in [0.1, 0.15) is 30.0 Å². The summed E-state index contributed by atoms with van der Waals surface area (Å²) in [6.45, 7) is 7.47. The van der Waals surface area contributed by atoms with Crippen molar-refractivity contribution in [3.8, 4) is 0 Å². The number of carbonyl (C=O) groups excluding carboxylic acids is 1. The summed E-state index contributed by atoms with van der Waals surface area (Å²) >= 11 is 6.06. The first kappa shape index (κ1) is 16.2. The summed E-state index contributed by atoms with van der Waals surface area (Å²) in [4.78, 5) is 23.1. The zero-order valence-electron chi connectivity index (χ0n) is 12.9. The Hall–Kier alpha value is -2.14. The van der Waals surface area contributed by atoms with E-state index < -0.39 is 0 Å². The topological polar surface area (TPSA) is 58.1 Å². The van der Waals surface area contributed by atoms with Crippen LogP contribution in [-0.2, 0) is 0 Å². The zero-order chi connectivity index (χ0) is 16.1. The van der Waals surface area contributed by atoms with Crippen LogP contribution in [0.2, 0.25) is 5.02 Å². The molecule has 0 fully saturated rings. The molecule has 0 spiro atoms. The Balaban J connectivity index is 2.28. The summed E-state index contributed by atoms with van der Waals surface area (Å²) in [6, 6.07) is 8.77. The Morgan fingerprint density at radius 3 is 2.55 bits per heavy atom. The second kappa shape index (κ2) is 7.22. The van der Waals surface area contributed by atoms with E-state index in [-0.39, 0.29) is 5.91 Å². The third kappa shape index (κ3) is 3.74. The van der Waals surface area contributed by atoms with Crippen LogP contribution in [0.25, 0.3) is 0 Å². The van der Waals surface area contributed by atoms with Crippen LogP contribution in [0.15, 0.2) is 30.3 Å². The number of hydrogen-bond donors (Lipinski definition) is 1. The lowest BCUT2D eigenvalue weighted by Gasteiger charge is -2.19. The first-order chi connectivity index (χ1) is 10.5. The number of aryl methyl sites for hydroxylation is 1. The highest BCUT2D eigenvalue weighted by molar-refractivity contribution is 6.33. The number of benzene rings is 1. The van der Waals surface area contributed by atoms with Crippen LogP contribution in [0.5, 0.6) is 0 Å². The molecule has 1 N–H and O–H groups in total. The van der Waals surface area contributed by atoms with Crippen LogP contribution in [0, 0.1) is 6.92 Å². The number of hydrogen-bond acceptors (Lipinski definition) is 4. The van der Waals surface area contributed by atoms with Crippen molar-refractivity contribution in [2.24, 2.45) is 0 Å². The van der Waals surface area contributed by atoms with Crippen molar-refractivity contribution in [3.63, 3.8) is 0 Å². The molecule has 0 atom stereocenters. The van der Waals surface area contributed by atoms with Crippen molar-refractivity contribution in [1.82, 2.24) is 9.97 Å². The van der Waals surface area contributed by atoms with Gasteiger partial charge >= 0.3 is 0 Å². The SMILES string of the molecule is CCN(CC)c1nc(C)cc(C(=O)Nc2ccccc2Cl)n1. The maximum Gasteiger partial charge on any atom is 0.274 e. The van der Waals surface area contributed by atoms with Gasteiger partial charge < -0.3 is 10.2 Å². The number of para-hydroxylation sites is 1. The molecule has 0 aliphatic rings. The minimum absolute atomic E-state index is 0.299. The Labute approximate surface area is 135 Å². The second-order valence-electron chi connectivity index (χ2n) is 4.80. The number of rotatable bonds is 5. The number of carbonyl (C=O) groups is 1. The lowest BCUT2D eigenvalue weighted by atomic mass is 10.3. The van der Waals surface area contributed by atoms with Gasteiger partial charge in [0.1, 0.15) is 5.69 Å². The Kier molecular flexibility index (Phi) is 5.33. The van der Waals surface area contributed by atoms with Crippen LogP contribution in [0.3, 0.4) is 0 Å². The molecule has 0 saturated carbocycles. The van der Waals surface area contributed by atoms with Crippen LogP contribution >= 0.6 is 11.6 Å². The molecule has 1 amide bonds. The lowest BCUT2D eigenvalue weighted by molar-refractivity contribution is 0.102. The quantitative estimate of drug-likeness (QED) is 0.916. The van der Waals surface area contributed by atoms with Gasteiger partial charge in [-0.1, -0.05) is 23.7 Å². The number of anilines is 2. The van der Waals surface area contributed by atoms with E-state index in [2.05, 4.69) is 15.3 Å². The van der Waals surface area contributed by atoms with Gasteiger partial charge in [-0.15, -0.1) is 0 Å². The van der Waals surface area contributed by atoms with Crippen molar-refractivity contribution >= 4 is 29.1 Å². The third-order valence-corrected chi connectivity index (χ3v) is 3.57. The number of nitrogens with one attached hydrogen (secondary N) is 1. The van der Waals surface area contributed by atoms with Gasteiger partial charge in [-0.25, -0.2) is 9.97 Å². The Morgan fingerprint density at radius 2 is 1.91 bits per heavy atom. The van der Waals surface area contributed by atoms with E-state index >= 15 is 0 Å². The third-order valence-electron chi connectivity index (χ3n) is 3.24. The average molecular weight is 319 g/mol. The van der Waals surface area contributed by atoms with Gasteiger partial charge in [0.05, 0.1) is 10.7 Å². The predicted octanol–water partition coefficient (Wildman–Crippen LogP) is 3.54. The maximum absolute atomic E-state index is 12.4. The number of aromatic nitrogens is 2. The Morgan fingerprint density at radius 1 is 1.23 bits per heavy atom. The zero-order valence-corrected chi connectivity index (χ0v) is 13.7. The summed E-state index contributed by atoms with van der Waals surface area (Å²) in [5.41, 5.74) is 1.64. The minimum Gasteiger partial charge on any atom is -0.341 e. The molecule has 0 bridgehead atoms. The van der Waals surface area contributed by atoms with Gasteiger partial charge in [0.2, 0.25) is 5.95 Å². The summed E-state index contributed by atoms with van der Waals surface area (Å²) in [5, 5.41) is 3.27. The molecule has 116 valence electrons. The fourth-order valence-electron chi connectivity index (χ4n) is 2.07. The molecule has 1 heterocycles. The largest absolute Gasteiger partial charge is 0.341 e. The lowest BCUT2D eigenvalue weighted by Crippen LogP contribution is -2.26. The van der Waals surface area contributed by atoms with Crippen molar-refractivity contribution in [2.75, 3.05) is 23.3 Å². The van der Waals surface area contributed by atoms with Crippen molar-refractivity contribution in [3.05, 3.63) is 46.7 Å². The molecular formula is C16H19ClN4O. The second-order valence-corrected chi connectivity index (χ2v) is 5.21. The molecule has 0 radical (unpaired) electrons. The average Bonchev–Trinajstić information content (AvgIpc) is 2.50. The van der Waals surface area contributed by atoms with Gasteiger partial charge in [-0.2, -0.15) is 0 Å². The molecule has 6 heteroatoms. The van der Waals surface area contributed by atoms with E-state index in [4.69, 9.17) is 11.6 Å². The standard InChI is InChI=1S/C16H19ClN4O/c1-4-21(5-2)16-18-11(3)10-14(20-16)15(22)19-13-9-7-6-8-12(13)17/h6-10H,4-5H2,1-3H3,(H,19,22). The van der Waals surface area contributed by atoms with Gasteiger partial charge in [0, 0.05) is 18.8 Å². The maximum atomic E-state index is 12.4. The normalized spacial score (nSPS) is 10.4. The molecule has 0 aliphatic carbocycles. The molecular weight excluding hydrogens is 300 g/mol. The highest BCUT2D eigenvalue weighted by Crippen LogP contribution is 2.21. The van der Waals surface area contributed by atoms with Crippen molar-refractivity contribution in [1.29, 1.82) is 0 Å². The Bertz CT molecular complexity index is 671. The molecule has 5 nitrogen and oxygen atoms in total. The number of nitrogens with zero attached hydrogens (tertiary/aromatic N) is 3. The molecule has 2 aromatic rings. The monoisotopic (exact) mass is 318 g/mol. The summed E-state index contributed by atoms with van der Waals surface area (Å²) < 4.78 is 0. The molecule has 1 aromatic carbocycles. The van der Waals surface area contributed by atoms with Gasteiger partial charge in [0.15, 0.2) is 0 Å². The molecule has 22 heavy (non-hydrogen) atoms. The van der Waals surface area contributed by atoms with Gasteiger partial charge in [-0.05, 0) is 39.0 Å². The molecule has 0 aliphatic heterocycles. The van der Waals surface area contributed by atoms with E-state index in [1.807, 2.05) is 37.8 Å². The fraction of sp³-hybridized carbons (Fsp3) is 0.312. The van der Waals surface area contributed by atoms with Crippen LogP contribution in [-0.4, -0.2) is 29.0 Å². The first-order valence-corrected chi connectivity index (χ1v) is 7.59. The van der Waals surface area contributed by atoms with Gasteiger partial charge in [0.25, 0.3) is 5.91 Å². The summed E-state index contributed by atoms with van der Waals surface area (Å²) in [5.74, 6) is 0.265. The van der Waals surface area contributed by atoms with E-state index in [0.717, 1.165) is 18.8 Å². The van der Waals surface area contributed by atoms with E-state index in [9.17, 15) is 4.79 Å². The van der Waals surface area contributed by atoms with Crippen LogP contribution in [0.4, 0.5) is 11.6 Å². The first-order valence-electron chi connectivity index (χ1n) is 7.21. The number of halogens is 1. The van der Waals surface area contributed by atoms with E-state index in [0.29, 0.717) is 22.4 Å². The van der Waals surface area contributed by atoms with E-state index in [1.165, 1.54) is 0 Å². The van der Waals surface area contributed by atoms with Crippen molar-refractivity contribution in [2.45, 2.75) is 20.8 Å². The molecule has 0 unspecified atom stereocenters. The molecule has 2 rings (SSSR count). The summed E-state index contributed by atoms with van der Waals surface area (Å²) in [6.07, 6.45) is 0.